The average molecular weight is 528 g/mol. The molecule has 204 valence electrons. The molecule has 0 spiro atoms. The third kappa shape index (κ3) is 7.72. The van der Waals surface area contributed by atoms with E-state index < -0.39 is 0 Å². The number of ether oxygens (including phenoxy) is 2. The van der Waals surface area contributed by atoms with Gasteiger partial charge < -0.3 is 18.9 Å². The van der Waals surface area contributed by atoms with Gasteiger partial charge in [0.2, 0.25) is 0 Å². The molecular formula is C31H37N5O3. The summed E-state index contributed by atoms with van der Waals surface area (Å²) in [5.41, 5.74) is 3.27. The number of aryl methyl sites for hydroxylation is 1. The number of hydrogen-bond donors (Lipinski definition) is 0. The third-order valence-corrected chi connectivity index (χ3v) is 7.40. The van der Waals surface area contributed by atoms with E-state index in [9.17, 15) is 4.79 Å². The molecule has 1 saturated heterocycles. The van der Waals surface area contributed by atoms with Gasteiger partial charge in [-0.05, 0) is 66.4 Å². The molecule has 0 bridgehead atoms. The molecular weight excluding hydrogens is 490 g/mol. The Bertz CT molecular complexity index is 1370. The summed E-state index contributed by atoms with van der Waals surface area (Å²) in [5.74, 6) is 0.818. The van der Waals surface area contributed by atoms with Crippen LogP contribution in [0, 0.1) is 0 Å². The second-order valence-corrected chi connectivity index (χ2v) is 10.1. The van der Waals surface area contributed by atoms with Crippen LogP contribution < -0.4 is 10.3 Å². The van der Waals surface area contributed by atoms with Gasteiger partial charge in [-0.2, -0.15) is 0 Å². The molecule has 0 saturated carbocycles. The normalized spacial score (nSPS) is 14.7. The van der Waals surface area contributed by atoms with Crippen molar-refractivity contribution in [3.05, 3.63) is 101 Å². The lowest BCUT2D eigenvalue weighted by Gasteiger charge is -2.33. The molecule has 0 atom stereocenters. The Morgan fingerprint density at radius 2 is 1.79 bits per heavy atom. The fraction of sp³-hybridized carbons (Fsp3) is 0.387. The number of fused-ring (bicyclic) bond motifs is 1. The molecule has 1 aliphatic rings. The maximum atomic E-state index is 11.9. The van der Waals surface area contributed by atoms with E-state index in [0.29, 0.717) is 19.3 Å². The molecule has 4 heterocycles. The zero-order valence-electron chi connectivity index (χ0n) is 22.6. The molecule has 8 heteroatoms. The van der Waals surface area contributed by atoms with Crippen molar-refractivity contribution < 1.29 is 9.47 Å². The lowest BCUT2D eigenvalue weighted by atomic mass is 10.1. The van der Waals surface area contributed by atoms with Crippen LogP contribution in [0.3, 0.4) is 0 Å². The third-order valence-electron chi connectivity index (χ3n) is 7.40. The Morgan fingerprint density at radius 1 is 0.949 bits per heavy atom. The molecule has 4 aromatic rings. The maximum absolute atomic E-state index is 11.9. The molecule has 0 N–H and O–H groups in total. The molecule has 39 heavy (non-hydrogen) atoms. The minimum Gasteiger partial charge on any atom is -0.492 e. The van der Waals surface area contributed by atoms with E-state index in [2.05, 4.69) is 38.0 Å². The summed E-state index contributed by atoms with van der Waals surface area (Å²) in [6.45, 7) is 6.99. The fourth-order valence-corrected chi connectivity index (χ4v) is 5.04. The number of aromatic nitrogens is 3. The highest BCUT2D eigenvalue weighted by molar-refractivity contribution is 5.80. The molecule has 1 aliphatic heterocycles. The topological polar surface area (TPSA) is 72.7 Å². The summed E-state index contributed by atoms with van der Waals surface area (Å²) in [4.78, 5) is 25.2. The van der Waals surface area contributed by atoms with Crippen LogP contribution in [-0.4, -0.2) is 69.8 Å². The zero-order valence-corrected chi connectivity index (χ0v) is 22.6. The largest absolute Gasteiger partial charge is 0.492 e. The second kappa shape index (κ2) is 13.5. The molecule has 5 rings (SSSR count). The van der Waals surface area contributed by atoms with E-state index >= 15 is 0 Å². The highest BCUT2D eigenvalue weighted by Crippen LogP contribution is 2.20. The van der Waals surface area contributed by atoms with E-state index in [0.717, 1.165) is 74.3 Å². The van der Waals surface area contributed by atoms with Crippen LogP contribution in [0.5, 0.6) is 5.75 Å². The van der Waals surface area contributed by atoms with Gasteiger partial charge in [0.25, 0.3) is 5.56 Å². The number of benzene rings is 1. The minimum atomic E-state index is -0.00981. The number of hydrogen-bond acceptors (Lipinski definition) is 7. The van der Waals surface area contributed by atoms with E-state index in [1.54, 1.807) is 23.9 Å². The van der Waals surface area contributed by atoms with Crippen molar-refractivity contribution in [3.63, 3.8) is 0 Å². The monoisotopic (exact) mass is 527 g/mol. The summed E-state index contributed by atoms with van der Waals surface area (Å²) >= 11 is 0. The lowest BCUT2D eigenvalue weighted by Crippen LogP contribution is -2.42. The smallest absolute Gasteiger partial charge is 0.250 e. The van der Waals surface area contributed by atoms with Crippen molar-refractivity contribution in [2.45, 2.75) is 32.1 Å². The van der Waals surface area contributed by atoms with Gasteiger partial charge in [-0.1, -0.05) is 6.07 Å². The standard InChI is InChI=1S/C31H37N5O3/c1-34-30-6-5-29(21-27(30)4-7-31(34)37)38-20-19-36(23-25-8-13-32-14-9-25)18-17-35-15-10-28(11-16-35)39-24-26-3-2-12-33-22-26/h2-9,12-14,21-22,28H,10-11,15-20,23-24H2,1H3. The van der Waals surface area contributed by atoms with Gasteiger partial charge in [0.05, 0.1) is 18.2 Å². The molecule has 0 amide bonds. The first kappa shape index (κ1) is 27.0. The van der Waals surface area contributed by atoms with Gasteiger partial charge in [-0.15, -0.1) is 0 Å². The Balaban J connectivity index is 1.11. The summed E-state index contributed by atoms with van der Waals surface area (Å²) in [7, 11) is 1.79. The van der Waals surface area contributed by atoms with Gasteiger partial charge >= 0.3 is 0 Å². The first-order valence-corrected chi connectivity index (χ1v) is 13.7. The van der Waals surface area contributed by atoms with E-state index in [4.69, 9.17) is 9.47 Å². The van der Waals surface area contributed by atoms with Crippen LogP contribution in [0.1, 0.15) is 24.0 Å². The van der Waals surface area contributed by atoms with Crippen LogP contribution in [-0.2, 0) is 24.9 Å². The van der Waals surface area contributed by atoms with E-state index in [1.165, 1.54) is 5.56 Å². The molecule has 1 fully saturated rings. The van der Waals surface area contributed by atoms with Gasteiger partial charge in [0.1, 0.15) is 12.4 Å². The number of pyridine rings is 3. The summed E-state index contributed by atoms with van der Waals surface area (Å²) in [6.07, 6.45) is 9.79. The molecule has 8 nitrogen and oxygen atoms in total. The van der Waals surface area contributed by atoms with Crippen molar-refractivity contribution in [2.75, 3.05) is 39.3 Å². The average Bonchev–Trinajstić information content (AvgIpc) is 2.98. The van der Waals surface area contributed by atoms with E-state index in [1.807, 2.05) is 48.9 Å². The Morgan fingerprint density at radius 3 is 2.59 bits per heavy atom. The van der Waals surface area contributed by atoms with Crippen molar-refractivity contribution >= 4 is 10.9 Å². The minimum absolute atomic E-state index is 0.00981. The van der Waals surface area contributed by atoms with Gasteiger partial charge in [0.15, 0.2) is 0 Å². The molecule has 0 radical (unpaired) electrons. The van der Waals surface area contributed by atoms with Crippen LogP contribution in [0.2, 0.25) is 0 Å². The Labute approximate surface area is 229 Å². The predicted octanol–water partition coefficient (Wildman–Crippen LogP) is 3.89. The summed E-state index contributed by atoms with van der Waals surface area (Å²) in [6, 6.07) is 17.5. The SMILES string of the molecule is Cn1c(=O)ccc2cc(OCCN(CCN3CCC(OCc4cccnc4)CC3)Cc3ccncc3)ccc21. The fourth-order valence-electron chi connectivity index (χ4n) is 5.04. The van der Waals surface area contributed by atoms with Crippen molar-refractivity contribution in [3.8, 4) is 5.75 Å². The second-order valence-electron chi connectivity index (χ2n) is 10.1. The molecule has 0 aliphatic carbocycles. The molecule has 0 unspecified atom stereocenters. The van der Waals surface area contributed by atoms with Crippen LogP contribution >= 0.6 is 0 Å². The van der Waals surface area contributed by atoms with Crippen LogP contribution in [0.4, 0.5) is 0 Å². The quantitative estimate of drug-likeness (QED) is 0.277. The zero-order chi connectivity index (χ0) is 26.9. The number of rotatable bonds is 12. The first-order valence-electron chi connectivity index (χ1n) is 13.7. The lowest BCUT2D eigenvalue weighted by molar-refractivity contribution is -0.00416. The number of likely N-dealkylation sites (tertiary alicyclic amines) is 1. The van der Waals surface area contributed by atoms with Gasteiger partial charge in [-0.25, -0.2) is 0 Å². The summed E-state index contributed by atoms with van der Waals surface area (Å²) in [5, 5.41) is 0.996. The van der Waals surface area contributed by atoms with Gasteiger partial charge in [-0.3, -0.25) is 19.7 Å². The van der Waals surface area contributed by atoms with Crippen molar-refractivity contribution in [2.24, 2.45) is 7.05 Å². The Kier molecular flexibility index (Phi) is 9.32. The first-order chi connectivity index (χ1) is 19.1. The Hall–Kier alpha value is -3.59. The van der Waals surface area contributed by atoms with Crippen LogP contribution in [0.15, 0.2) is 84.2 Å². The molecule has 3 aromatic heterocycles. The van der Waals surface area contributed by atoms with Crippen molar-refractivity contribution in [1.82, 2.24) is 24.3 Å². The highest BCUT2D eigenvalue weighted by Gasteiger charge is 2.20. The van der Waals surface area contributed by atoms with Crippen LogP contribution in [0.25, 0.3) is 10.9 Å². The molecule has 1 aromatic carbocycles. The summed E-state index contributed by atoms with van der Waals surface area (Å²) < 4.78 is 13.9. The van der Waals surface area contributed by atoms with E-state index in [-0.39, 0.29) is 5.56 Å². The highest BCUT2D eigenvalue weighted by atomic mass is 16.5. The van der Waals surface area contributed by atoms with Crippen molar-refractivity contribution in [1.29, 1.82) is 0 Å². The number of piperidine rings is 1. The predicted molar refractivity (Wildman–Crippen MR) is 153 cm³/mol. The van der Waals surface area contributed by atoms with Gasteiger partial charge in [0, 0.05) is 82.6 Å². The maximum Gasteiger partial charge on any atom is 0.250 e. The number of nitrogens with zero attached hydrogens (tertiary/aromatic N) is 5.